The van der Waals surface area contributed by atoms with Crippen LogP contribution in [-0.4, -0.2) is 15.8 Å². The smallest absolute Gasteiger partial charge is 0.146 e. The van der Waals surface area contributed by atoms with Crippen molar-refractivity contribution in [3.05, 3.63) is 121 Å². The lowest BCUT2D eigenvalue weighted by Crippen LogP contribution is -2.34. The van der Waals surface area contributed by atoms with Crippen LogP contribution in [0.5, 0.6) is 0 Å². The minimum atomic E-state index is 1.04. The molecule has 7 aromatic rings. The van der Waals surface area contributed by atoms with Crippen molar-refractivity contribution in [2.24, 2.45) is 0 Å². The molecule has 2 aliphatic rings. The molecule has 2 bridgehead atoms. The molecule has 0 saturated carbocycles. The molecule has 2 fully saturated rings. The number of para-hydroxylation sites is 4. The molecule has 4 heterocycles. The van der Waals surface area contributed by atoms with Gasteiger partial charge in [0.2, 0.25) is 0 Å². The summed E-state index contributed by atoms with van der Waals surface area (Å²) in [5.41, 5.74) is 9.01. The molecular weight excluding hydrogens is 567 g/mol. The van der Waals surface area contributed by atoms with E-state index in [-0.39, 0.29) is 0 Å². The molecule has 9 rings (SSSR count). The van der Waals surface area contributed by atoms with Gasteiger partial charge in [-0.05, 0) is 60.9 Å². The summed E-state index contributed by atoms with van der Waals surface area (Å²) in [7, 11) is 0. The third-order valence-electron chi connectivity index (χ3n) is 11.9. The number of hydrogen-bond acceptors (Lipinski definition) is 0. The molecule has 2 saturated heterocycles. The topological polar surface area (TPSA) is 9.86 Å². The van der Waals surface area contributed by atoms with Crippen molar-refractivity contribution >= 4 is 50.3 Å². The van der Waals surface area contributed by atoms with E-state index in [2.05, 4.69) is 124 Å². The summed E-state index contributed by atoms with van der Waals surface area (Å²) >= 11 is 0. The average Bonchev–Trinajstić information content (AvgIpc) is 3.63. The largest absolute Gasteiger partial charge is 0.309 e. The van der Waals surface area contributed by atoms with Crippen LogP contribution < -0.4 is 0 Å². The van der Waals surface area contributed by atoms with Crippen molar-refractivity contribution in [2.75, 3.05) is 0 Å². The maximum Gasteiger partial charge on any atom is 0.146 e. The molecule has 0 amide bonds. The van der Waals surface area contributed by atoms with Crippen LogP contribution in [0.3, 0.4) is 0 Å². The predicted molar refractivity (Wildman–Crippen MR) is 203 cm³/mol. The van der Waals surface area contributed by atoms with Crippen LogP contribution in [0.1, 0.15) is 69.8 Å². The van der Waals surface area contributed by atoms with Gasteiger partial charge < -0.3 is 9.13 Å². The maximum absolute atomic E-state index is 2.49. The summed E-state index contributed by atoms with van der Waals surface area (Å²) in [5.74, 6) is 2.09. The molecule has 0 N–H and O–H groups in total. The van der Waals surface area contributed by atoms with Crippen molar-refractivity contribution in [1.82, 2.24) is 9.13 Å². The van der Waals surface area contributed by atoms with Crippen LogP contribution in [0.25, 0.3) is 55.0 Å². The van der Waals surface area contributed by atoms with Crippen LogP contribution in [-0.2, 0) is 6.42 Å². The molecule has 0 atom stereocenters. The predicted octanol–water partition coefficient (Wildman–Crippen LogP) is 12.6. The molecule has 0 spiro atoms. The SMILES string of the molecule is c1ccc2c(c1)c1ccccc1n2-c1cc(CCCCCCB2C3CCCC2CCC3)cc(-n2c3ccccc3c3ccccc32)c1. The van der Waals surface area contributed by atoms with Gasteiger partial charge in [0, 0.05) is 32.9 Å². The second-order valence-corrected chi connectivity index (χ2v) is 14.6. The lowest BCUT2D eigenvalue weighted by atomic mass is 9.26. The lowest BCUT2D eigenvalue weighted by Gasteiger charge is -2.40. The molecule has 47 heavy (non-hydrogen) atoms. The summed E-state index contributed by atoms with van der Waals surface area (Å²) in [4.78, 5) is 0. The fraction of sp³-hybridized carbons (Fsp3) is 0.318. The first kappa shape index (κ1) is 28.9. The number of benzene rings is 5. The number of aryl methyl sites for hydroxylation is 1. The average molecular weight is 613 g/mol. The fourth-order valence-electron chi connectivity index (χ4n) is 9.81. The van der Waals surface area contributed by atoms with E-state index in [0.29, 0.717) is 0 Å². The zero-order valence-electron chi connectivity index (χ0n) is 27.6. The molecule has 2 aromatic heterocycles. The normalized spacial score (nSPS) is 18.2. The number of unbranched alkanes of at least 4 members (excludes halogenated alkanes) is 3. The number of fused-ring (bicyclic) bond motifs is 8. The first-order chi connectivity index (χ1) is 23.3. The zero-order valence-corrected chi connectivity index (χ0v) is 27.6. The second kappa shape index (κ2) is 12.4. The Labute approximate surface area is 279 Å². The Kier molecular flexibility index (Phi) is 7.65. The van der Waals surface area contributed by atoms with E-state index in [9.17, 15) is 0 Å². The Bertz CT molecular complexity index is 1940. The molecule has 0 aliphatic carbocycles. The zero-order chi connectivity index (χ0) is 31.2. The van der Waals surface area contributed by atoms with Crippen molar-refractivity contribution in [3.8, 4) is 11.4 Å². The standard InChI is InChI=1S/C44H45BN2/c1(2-12-28-45-33-16-13-17-34(45)19-14-18-33)3-15-32-29-35(46-41-24-8-4-20-37(41)38-21-5-9-25-42(38)46)31-36(30-32)47-43-26-10-6-22-39(43)40-23-7-11-27-44(40)47/h4-11,20-27,29-31,33-34H,1-3,12-19,28H2. The van der Waals surface area contributed by atoms with E-state index in [4.69, 9.17) is 0 Å². The van der Waals surface area contributed by atoms with Crippen LogP contribution in [0.4, 0.5) is 0 Å². The van der Waals surface area contributed by atoms with Crippen molar-refractivity contribution < 1.29 is 0 Å². The van der Waals surface area contributed by atoms with E-state index in [1.807, 2.05) is 0 Å². The van der Waals surface area contributed by atoms with Crippen LogP contribution >= 0.6 is 0 Å². The summed E-state index contributed by atoms with van der Waals surface area (Å²) in [6.07, 6.45) is 17.0. The Morgan fingerprint density at radius 3 is 1.32 bits per heavy atom. The number of hydrogen-bond donors (Lipinski definition) is 0. The van der Waals surface area contributed by atoms with Crippen LogP contribution in [0.15, 0.2) is 115 Å². The highest BCUT2D eigenvalue weighted by molar-refractivity contribution is 6.62. The van der Waals surface area contributed by atoms with Gasteiger partial charge in [0.25, 0.3) is 0 Å². The van der Waals surface area contributed by atoms with Gasteiger partial charge in [0.15, 0.2) is 0 Å². The highest BCUT2D eigenvalue weighted by atomic mass is 15.0. The summed E-state index contributed by atoms with van der Waals surface area (Å²) < 4.78 is 4.99. The van der Waals surface area contributed by atoms with Gasteiger partial charge in [-0.3, -0.25) is 0 Å². The number of rotatable bonds is 9. The van der Waals surface area contributed by atoms with Gasteiger partial charge in [-0.1, -0.05) is 149 Å². The minimum absolute atomic E-state index is 1.04. The first-order valence-electron chi connectivity index (χ1n) is 18.4. The van der Waals surface area contributed by atoms with Gasteiger partial charge in [0.05, 0.1) is 22.1 Å². The van der Waals surface area contributed by atoms with Crippen LogP contribution in [0.2, 0.25) is 18.0 Å². The highest BCUT2D eigenvalue weighted by Crippen LogP contribution is 2.48. The van der Waals surface area contributed by atoms with E-state index in [1.165, 1.54) is 131 Å². The van der Waals surface area contributed by atoms with Gasteiger partial charge >= 0.3 is 0 Å². The molecule has 5 aromatic carbocycles. The molecule has 3 heteroatoms. The Morgan fingerprint density at radius 2 is 0.872 bits per heavy atom. The third-order valence-corrected chi connectivity index (χ3v) is 11.9. The Hall–Kier alpha value is -4.24. The lowest BCUT2D eigenvalue weighted by molar-refractivity contribution is 0.439. The third kappa shape index (κ3) is 5.19. The van der Waals surface area contributed by atoms with E-state index in [0.717, 1.165) is 24.8 Å². The fourth-order valence-corrected chi connectivity index (χ4v) is 9.81. The van der Waals surface area contributed by atoms with E-state index >= 15 is 0 Å². The van der Waals surface area contributed by atoms with E-state index in [1.54, 1.807) is 0 Å². The molecule has 2 nitrogen and oxygen atoms in total. The van der Waals surface area contributed by atoms with Crippen molar-refractivity contribution in [2.45, 2.75) is 88.6 Å². The number of aromatic nitrogens is 2. The first-order valence-corrected chi connectivity index (χ1v) is 18.4. The Balaban J connectivity index is 1.06. The van der Waals surface area contributed by atoms with Gasteiger partial charge in [-0.2, -0.15) is 0 Å². The quantitative estimate of drug-likeness (QED) is 0.113. The van der Waals surface area contributed by atoms with Gasteiger partial charge in [-0.25, -0.2) is 0 Å². The van der Waals surface area contributed by atoms with Gasteiger partial charge in [-0.15, -0.1) is 0 Å². The molecule has 0 unspecified atom stereocenters. The van der Waals surface area contributed by atoms with Gasteiger partial charge in [0.1, 0.15) is 6.71 Å². The minimum Gasteiger partial charge on any atom is -0.309 e. The summed E-state index contributed by atoms with van der Waals surface area (Å²) in [5, 5.41) is 5.26. The molecule has 2 aliphatic heterocycles. The molecule has 234 valence electrons. The van der Waals surface area contributed by atoms with Crippen molar-refractivity contribution in [1.29, 1.82) is 0 Å². The monoisotopic (exact) mass is 612 g/mol. The highest BCUT2D eigenvalue weighted by Gasteiger charge is 2.38. The summed E-state index contributed by atoms with van der Waals surface area (Å²) in [6, 6.07) is 42.9. The molecule has 0 radical (unpaired) electrons. The van der Waals surface area contributed by atoms with Crippen LogP contribution in [0, 0.1) is 0 Å². The van der Waals surface area contributed by atoms with Crippen molar-refractivity contribution in [3.63, 3.8) is 0 Å². The Morgan fingerprint density at radius 1 is 0.468 bits per heavy atom. The maximum atomic E-state index is 2.49. The summed E-state index contributed by atoms with van der Waals surface area (Å²) in [6.45, 7) is 1.04. The molecular formula is C44H45BN2. The number of nitrogens with zero attached hydrogens (tertiary/aromatic N) is 2. The second-order valence-electron chi connectivity index (χ2n) is 14.6. The van der Waals surface area contributed by atoms with E-state index < -0.39 is 0 Å².